The van der Waals surface area contributed by atoms with Crippen LogP contribution in [-0.4, -0.2) is 57.2 Å². The van der Waals surface area contributed by atoms with Crippen molar-refractivity contribution in [2.75, 3.05) is 26.2 Å². The van der Waals surface area contributed by atoms with Crippen LogP contribution in [0.1, 0.15) is 23.1 Å². The lowest BCUT2D eigenvalue weighted by atomic mass is 10.1. The maximum absolute atomic E-state index is 13.2. The first-order valence-corrected chi connectivity index (χ1v) is 10.8. The number of aromatic nitrogens is 2. The summed E-state index contributed by atoms with van der Waals surface area (Å²) in [6.45, 7) is 6.50. The van der Waals surface area contributed by atoms with Crippen molar-refractivity contribution in [3.8, 4) is 11.4 Å². The van der Waals surface area contributed by atoms with Crippen molar-refractivity contribution in [1.29, 1.82) is 0 Å². The summed E-state index contributed by atoms with van der Waals surface area (Å²) in [5, 5.41) is 9.56. The standard InChI is InChI=1S/C25H29FN4O/c1-19-3-2-4-22(13-19)25-27-14-21(15-28-25)16-29-10-11-30(24(18-29)9-12-31)17-20-5-7-23(26)8-6-20/h2-8,13-15,24,31H,9-12,16-18H2,1H3/t24-/m0/s1. The molecule has 0 aliphatic carbocycles. The van der Waals surface area contributed by atoms with Gasteiger partial charge in [-0.2, -0.15) is 0 Å². The van der Waals surface area contributed by atoms with E-state index >= 15 is 0 Å². The Bertz CT molecular complexity index is 978. The fraction of sp³-hybridized carbons (Fsp3) is 0.360. The molecule has 0 radical (unpaired) electrons. The van der Waals surface area contributed by atoms with Crippen molar-refractivity contribution in [3.05, 3.63) is 83.4 Å². The van der Waals surface area contributed by atoms with Gasteiger partial charge in [0, 0.05) is 68.9 Å². The maximum atomic E-state index is 13.2. The van der Waals surface area contributed by atoms with E-state index in [1.807, 2.05) is 36.7 Å². The predicted molar refractivity (Wildman–Crippen MR) is 120 cm³/mol. The van der Waals surface area contributed by atoms with Crippen LogP contribution in [0.15, 0.2) is 60.9 Å². The molecular formula is C25H29FN4O. The molecule has 2 aromatic carbocycles. The third-order valence-corrected chi connectivity index (χ3v) is 5.84. The molecule has 1 saturated heterocycles. The second-order valence-electron chi connectivity index (χ2n) is 8.28. The van der Waals surface area contributed by atoms with Gasteiger partial charge in [-0.05, 0) is 37.1 Å². The Labute approximate surface area is 183 Å². The van der Waals surface area contributed by atoms with Crippen molar-refractivity contribution in [3.63, 3.8) is 0 Å². The van der Waals surface area contributed by atoms with Gasteiger partial charge in [0.2, 0.25) is 0 Å². The summed E-state index contributed by atoms with van der Waals surface area (Å²) in [5.74, 6) is 0.533. The number of aliphatic hydroxyl groups is 1. The molecule has 1 atom stereocenters. The number of aryl methyl sites for hydroxylation is 1. The van der Waals surface area contributed by atoms with Crippen molar-refractivity contribution in [2.24, 2.45) is 0 Å². The first-order chi connectivity index (χ1) is 15.1. The lowest BCUT2D eigenvalue weighted by molar-refractivity contribution is 0.0499. The molecule has 1 aliphatic heterocycles. The molecule has 0 saturated carbocycles. The number of aliphatic hydroxyl groups excluding tert-OH is 1. The zero-order valence-electron chi connectivity index (χ0n) is 17.9. The molecule has 5 nitrogen and oxygen atoms in total. The highest BCUT2D eigenvalue weighted by molar-refractivity contribution is 5.55. The summed E-state index contributed by atoms with van der Waals surface area (Å²) >= 11 is 0. The SMILES string of the molecule is Cc1cccc(-c2ncc(CN3CCN(Cc4ccc(F)cc4)[C@@H](CCO)C3)cn2)c1. The Morgan fingerprint density at radius 2 is 1.77 bits per heavy atom. The van der Waals surface area contributed by atoms with Gasteiger partial charge in [0.05, 0.1) is 0 Å². The van der Waals surface area contributed by atoms with Gasteiger partial charge in [0.25, 0.3) is 0 Å². The number of hydrogen-bond donors (Lipinski definition) is 1. The van der Waals surface area contributed by atoms with E-state index in [2.05, 4.69) is 38.8 Å². The molecule has 3 aromatic rings. The third kappa shape index (κ3) is 5.73. The molecule has 162 valence electrons. The monoisotopic (exact) mass is 420 g/mol. The zero-order chi connectivity index (χ0) is 21.6. The molecule has 0 spiro atoms. The minimum Gasteiger partial charge on any atom is -0.396 e. The molecule has 0 bridgehead atoms. The summed E-state index contributed by atoms with van der Waals surface area (Å²) in [6, 6.07) is 15.2. The minimum absolute atomic E-state index is 0.159. The van der Waals surface area contributed by atoms with Gasteiger partial charge in [0.1, 0.15) is 5.82 Å². The lowest BCUT2D eigenvalue weighted by Gasteiger charge is -2.41. The fourth-order valence-corrected chi connectivity index (χ4v) is 4.18. The molecule has 1 fully saturated rings. The Kier molecular flexibility index (Phi) is 7.02. The van der Waals surface area contributed by atoms with Crippen LogP contribution in [0, 0.1) is 12.7 Å². The predicted octanol–water partition coefficient (Wildman–Crippen LogP) is 3.66. The Morgan fingerprint density at radius 1 is 1.00 bits per heavy atom. The average molecular weight is 421 g/mol. The van der Waals surface area contributed by atoms with E-state index in [-0.39, 0.29) is 18.5 Å². The highest BCUT2D eigenvalue weighted by Gasteiger charge is 2.26. The van der Waals surface area contributed by atoms with E-state index in [1.54, 1.807) is 0 Å². The normalized spacial score (nSPS) is 17.7. The number of nitrogens with zero attached hydrogens (tertiary/aromatic N) is 4. The molecular weight excluding hydrogens is 391 g/mol. The quantitative estimate of drug-likeness (QED) is 0.632. The van der Waals surface area contributed by atoms with E-state index in [1.165, 1.54) is 17.7 Å². The topological polar surface area (TPSA) is 52.5 Å². The number of piperazine rings is 1. The second-order valence-corrected chi connectivity index (χ2v) is 8.28. The van der Waals surface area contributed by atoms with Crippen LogP contribution in [0.5, 0.6) is 0 Å². The first-order valence-electron chi connectivity index (χ1n) is 10.8. The van der Waals surface area contributed by atoms with Crippen molar-refractivity contribution in [2.45, 2.75) is 32.5 Å². The Balaban J connectivity index is 1.37. The maximum Gasteiger partial charge on any atom is 0.159 e. The third-order valence-electron chi connectivity index (χ3n) is 5.84. The molecule has 1 N–H and O–H groups in total. The molecule has 4 rings (SSSR count). The smallest absolute Gasteiger partial charge is 0.159 e. The van der Waals surface area contributed by atoms with Gasteiger partial charge >= 0.3 is 0 Å². The van der Waals surface area contributed by atoms with E-state index in [4.69, 9.17) is 0 Å². The number of rotatable bonds is 7. The molecule has 2 heterocycles. The molecule has 0 unspecified atom stereocenters. The fourth-order valence-electron chi connectivity index (χ4n) is 4.18. The van der Waals surface area contributed by atoms with E-state index in [9.17, 15) is 9.50 Å². The van der Waals surface area contributed by atoms with Crippen LogP contribution in [0.4, 0.5) is 4.39 Å². The molecule has 0 amide bonds. The number of hydrogen-bond acceptors (Lipinski definition) is 5. The van der Waals surface area contributed by atoms with Crippen LogP contribution in [0.2, 0.25) is 0 Å². The highest BCUT2D eigenvalue weighted by Crippen LogP contribution is 2.20. The Morgan fingerprint density at radius 3 is 2.48 bits per heavy atom. The van der Waals surface area contributed by atoms with Crippen molar-refractivity contribution < 1.29 is 9.50 Å². The summed E-state index contributed by atoms with van der Waals surface area (Å²) in [5.41, 5.74) is 4.41. The van der Waals surface area contributed by atoms with Crippen LogP contribution >= 0.6 is 0 Å². The number of benzene rings is 2. The van der Waals surface area contributed by atoms with Gasteiger partial charge in [-0.15, -0.1) is 0 Å². The lowest BCUT2D eigenvalue weighted by Crippen LogP contribution is -2.52. The summed E-state index contributed by atoms with van der Waals surface area (Å²) in [7, 11) is 0. The zero-order valence-corrected chi connectivity index (χ0v) is 17.9. The molecule has 1 aliphatic rings. The summed E-state index contributed by atoms with van der Waals surface area (Å²) in [4.78, 5) is 13.9. The summed E-state index contributed by atoms with van der Waals surface area (Å²) < 4.78 is 13.2. The van der Waals surface area contributed by atoms with Gasteiger partial charge in [-0.1, -0.05) is 35.9 Å². The minimum atomic E-state index is -0.212. The number of halogens is 1. The molecule has 6 heteroatoms. The molecule has 31 heavy (non-hydrogen) atoms. The second kappa shape index (κ2) is 10.1. The summed E-state index contributed by atoms with van der Waals surface area (Å²) in [6.07, 6.45) is 4.55. The first kappa shape index (κ1) is 21.6. The van der Waals surface area contributed by atoms with Crippen LogP contribution in [0.25, 0.3) is 11.4 Å². The van der Waals surface area contributed by atoms with Gasteiger partial charge in [-0.3, -0.25) is 9.80 Å². The Hall–Kier alpha value is -2.67. The average Bonchev–Trinajstić information content (AvgIpc) is 2.78. The van der Waals surface area contributed by atoms with Gasteiger partial charge in [-0.25, -0.2) is 14.4 Å². The largest absolute Gasteiger partial charge is 0.396 e. The van der Waals surface area contributed by atoms with Crippen LogP contribution in [-0.2, 0) is 13.1 Å². The van der Waals surface area contributed by atoms with Gasteiger partial charge in [0.15, 0.2) is 5.82 Å². The van der Waals surface area contributed by atoms with Crippen LogP contribution in [0.3, 0.4) is 0 Å². The van der Waals surface area contributed by atoms with Crippen LogP contribution < -0.4 is 0 Å². The van der Waals surface area contributed by atoms with E-state index < -0.39 is 0 Å². The highest BCUT2D eigenvalue weighted by atomic mass is 19.1. The molecule has 1 aromatic heterocycles. The van der Waals surface area contributed by atoms with E-state index in [0.29, 0.717) is 0 Å². The van der Waals surface area contributed by atoms with E-state index in [0.717, 1.165) is 61.7 Å². The van der Waals surface area contributed by atoms with Crippen molar-refractivity contribution in [1.82, 2.24) is 19.8 Å². The van der Waals surface area contributed by atoms with Crippen molar-refractivity contribution >= 4 is 0 Å². The van der Waals surface area contributed by atoms with Gasteiger partial charge < -0.3 is 5.11 Å².